The van der Waals surface area contributed by atoms with Crippen LogP contribution in [0.15, 0.2) is 0 Å². The van der Waals surface area contributed by atoms with Gasteiger partial charge in [-0.1, -0.05) is 0 Å². The molecule has 0 saturated heterocycles. The molecule has 15 heavy (non-hydrogen) atoms. The molecule has 0 radical (unpaired) electrons. The molecule has 5 nitrogen and oxygen atoms in total. The third-order valence-corrected chi connectivity index (χ3v) is 1.51. The average molecular weight is 216 g/mol. The number of hydrogen-bond acceptors (Lipinski definition) is 3. The van der Waals surface area contributed by atoms with Gasteiger partial charge in [0, 0.05) is 25.8 Å². The fraction of sp³-hybridized carbons (Fsp3) is 0.800. The summed E-state index contributed by atoms with van der Waals surface area (Å²) in [5.74, 6) is -1.19. The summed E-state index contributed by atoms with van der Waals surface area (Å²) in [6.45, 7) is 6.49. The Bertz CT molecular complexity index is 221. The molecular weight excluding hydrogens is 196 g/mol. The number of hydrogen-bond donors (Lipinski definition) is 2. The van der Waals surface area contributed by atoms with Gasteiger partial charge in [-0.2, -0.15) is 0 Å². The van der Waals surface area contributed by atoms with Crippen LogP contribution in [0.25, 0.3) is 0 Å². The van der Waals surface area contributed by atoms with Crippen molar-refractivity contribution in [3.63, 3.8) is 0 Å². The summed E-state index contributed by atoms with van der Waals surface area (Å²) < 4.78 is 4.81. The van der Waals surface area contributed by atoms with Crippen molar-refractivity contribution >= 4 is 11.8 Å². The van der Waals surface area contributed by atoms with Crippen LogP contribution in [0.3, 0.4) is 0 Å². The van der Waals surface area contributed by atoms with E-state index in [1.807, 2.05) is 20.8 Å². The van der Waals surface area contributed by atoms with Gasteiger partial charge in [0.05, 0.1) is 0 Å². The SMILES string of the molecule is COCCCNC(=O)C(=O)NC(C)(C)C. The lowest BCUT2D eigenvalue weighted by molar-refractivity contribution is -0.140. The van der Waals surface area contributed by atoms with E-state index in [1.54, 1.807) is 7.11 Å². The second-order valence-electron chi connectivity index (χ2n) is 4.31. The molecule has 0 spiro atoms. The predicted octanol–water partition coefficient (Wildman–Crippen LogP) is 0.0538. The van der Waals surface area contributed by atoms with Crippen LogP contribution in [0, 0.1) is 0 Å². The number of nitrogens with one attached hydrogen (secondary N) is 2. The minimum Gasteiger partial charge on any atom is -0.385 e. The Balaban J connectivity index is 3.76. The van der Waals surface area contributed by atoms with E-state index in [0.717, 1.165) is 0 Å². The number of methoxy groups -OCH3 is 1. The zero-order valence-corrected chi connectivity index (χ0v) is 9.85. The van der Waals surface area contributed by atoms with Crippen molar-refractivity contribution in [3.8, 4) is 0 Å². The molecule has 0 aromatic rings. The van der Waals surface area contributed by atoms with Gasteiger partial charge in [-0.15, -0.1) is 0 Å². The molecule has 0 aliphatic carbocycles. The van der Waals surface area contributed by atoms with Gasteiger partial charge < -0.3 is 15.4 Å². The quantitative estimate of drug-likeness (QED) is 0.515. The minimum absolute atomic E-state index is 0.388. The second kappa shape index (κ2) is 6.40. The Hall–Kier alpha value is -1.10. The first-order valence-electron chi connectivity index (χ1n) is 4.96. The summed E-state index contributed by atoms with van der Waals surface area (Å²) in [5.41, 5.74) is -0.388. The standard InChI is InChI=1S/C10H20N2O3/c1-10(2,3)12-9(14)8(13)11-6-5-7-15-4/h5-7H2,1-4H3,(H,11,13)(H,12,14). The lowest BCUT2D eigenvalue weighted by Crippen LogP contribution is -2.48. The van der Waals surface area contributed by atoms with Crippen molar-refractivity contribution in [1.29, 1.82) is 0 Å². The van der Waals surface area contributed by atoms with Gasteiger partial charge in [-0.25, -0.2) is 0 Å². The third-order valence-electron chi connectivity index (χ3n) is 1.51. The van der Waals surface area contributed by atoms with Crippen molar-refractivity contribution in [2.24, 2.45) is 0 Å². The Morgan fingerprint density at radius 2 is 1.80 bits per heavy atom. The highest BCUT2D eigenvalue weighted by atomic mass is 16.5. The topological polar surface area (TPSA) is 67.4 Å². The maximum absolute atomic E-state index is 11.3. The van der Waals surface area contributed by atoms with Crippen molar-refractivity contribution in [1.82, 2.24) is 10.6 Å². The second-order valence-corrected chi connectivity index (χ2v) is 4.31. The highest BCUT2D eigenvalue weighted by Gasteiger charge is 2.19. The molecule has 0 rings (SSSR count). The van der Waals surface area contributed by atoms with E-state index in [0.29, 0.717) is 19.6 Å². The number of ether oxygens (including phenoxy) is 1. The summed E-state index contributed by atoms with van der Waals surface area (Å²) in [6, 6.07) is 0. The average Bonchev–Trinajstić information content (AvgIpc) is 2.09. The lowest BCUT2D eigenvalue weighted by atomic mass is 10.1. The van der Waals surface area contributed by atoms with Crippen molar-refractivity contribution < 1.29 is 14.3 Å². The molecule has 0 bridgehead atoms. The van der Waals surface area contributed by atoms with Crippen LogP contribution in [-0.2, 0) is 14.3 Å². The van der Waals surface area contributed by atoms with E-state index < -0.39 is 11.8 Å². The zero-order chi connectivity index (χ0) is 11.9. The van der Waals surface area contributed by atoms with E-state index in [1.165, 1.54) is 0 Å². The van der Waals surface area contributed by atoms with Crippen LogP contribution < -0.4 is 10.6 Å². The summed E-state index contributed by atoms with van der Waals surface area (Å²) in [4.78, 5) is 22.5. The first-order valence-corrected chi connectivity index (χ1v) is 4.96. The molecule has 0 atom stereocenters. The van der Waals surface area contributed by atoms with Crippen LogP contribution in [0.4, 0.5) is 0 Å². The molecule has 0 fully saturated rings. The molecule has 2 N–H and O–H groups in total. The monoisotopic (exact) mass is 216 g/mol. The van der Waals surface area contributed by atoms with E-state index in [9.17, 15) is 9.59 Å². The molecule has 0 unspecified atom stereocenters. The first kappa shape index (κ1) is 13.9. The van der Waals surface area contributed by atoms with Gasteiger partial charge in [0.2, 0.25) is 0 Å². The molecule has 5 heteroatoms. The highest BCUT2D eigenvalue weighted by Crippen LogP contribution is 1.97. The van der Waals surface area contributed by atoms with Gasteiger partial charge in [0.1, 0.15) is 0 Å². The normalized spacial score (nSPS) is 10.9. The fourth-order valence-corrected chi connectivity index (χ4v) is 0.896. The van der Waals surface area contributed by atoms with Crippen molar-refractivity contribution in [2.45, 2.75) is 32.7 Å². The maximum atomic E-state index is 11.3. The summed E-state index contributed by atoms with van der Waals surface area (Å²) in [5, 5.41) is 5.09. The number of carbonyl (C=O) groups excluding carboxylic acids is 2. The fourth-order valence-electron chi connectivity index (χ4n) is 0.896. The Labute approximate surface area is 90.6 Å². The smallest absolute Gasteiger partial charge is 0.309 e. The van der Waals surface area contributed by atoms with Gasteiger partial charge in [0.25, 0.3) is 0 Å². The minimum atomic E-state index is -0.597. The molecule has 0 saturated carbocycles. The van der Waals surface area contributed by atoms with Crippen LogP contribution in [0.2, 0.25) is 0 Å². The third kappa shape index (κ3) is 7.93. The largest absolute Gasteiger partial charge is 0.385 e. The van der Waals surface area contributed by atoms with E-state index in [4.69, 9.17) is 4.74 Å². The summed E-state index contributed by atoms with van der Waals surface area (Å²) in [6.07, 6.45) is 0.699. The van der Waals surface area contributed by atoms with E-state index in [2.05, 4.69) is 10.6 Å². The Morgan fingerprint density at radius 1 is 1.20 bits per heavy atom. The first-order chi connectivity index (χ1) is 6.87. The molecule has 88 valence electrons. The molecule has 0 heterocycles. The molecule has 0 aromatic heterocycles. The highest BCUT2D eigenvalue weighted by molar-refractivity contribution is 6.35. The molecule has 0 aliphatic heterocycles. The predicted molar refractivity (Wildman–Crippen MR) is 57.4 cm³/mol. The van der Waals surface area contributed by atoms with Gasteiger partial charge in [-0.05, 0) is 27.2 Å². The summed E-state index contributed by atoms with van der Waals surface area (Å²) >= 11 is 0. The van der Waals surface area contributed by atoms with E-state index >= 15 is 0 Å². The lowest BCUT2D eigenvalue weighted by Gasteiger charge is -2.19. The molecular formula is C10H20N2O3. The van der Waals surface area contributed by atoms with E-state index in [-0.39, 0.29) is 5.54 Å². The van der Waals surface area contributed by atoms with Crippen LogP contribution in [0.5, 0.6) is 0 Å². The zero-order valence-electron chi connectivity index (χ0n) is 9.85. The molecule has 0 aromatic carbocycles. The summed E-state index contributed by atoms with van der Waals surface area (Å²) in [7, 11) is 1.59. The molecule has 2 amide bonds. The van der Waals surface area contributed by atoms with Crippen LogP contribution in [-0.4, -0.2) is 37.6 Å². The van der Waals surface area contributed by atoms with Crippen molar-refractivity contribution in [2.75, 3.05) is 20.3 Å². The van der Waals surface area contributed by atoms with Crippen LogP contribution >= 0.6 is 0 Å². The number of rotatable bonds is 4. The van der Waals surface area contributed by atoms with Gasteiger partial charge in [0.15, 0.2) is 0 Å². The van der Waals surface area contributed by atoms with Crippen LogP contribution in [0.1, 0.15) is 27.2 Å². The Kier molecular flexibility index (Phi) is 5.93. The molecule has 0 aliphatic rings. The number of carbonyl (C=O) groups is 2. The Morgan fingerprint density at radius 3 is 2.27 bits per heavy atom. The van der Waals surface area contributed by atoms with Crippen molar-refractivity contribution in [3.05, 3.63) is 0 Å². The maximum Gasteiger partial charge on any atom is 0.309 e. The number of amides is 2. The van der Waals surface area contributed by atoms with Gasteiger partial charge >= 0.3 is 11.8 Å². The van der Waals surface area contributed by atoms with Gasteiger partial charge in [-0.3, -0.25) is 9.59 Å².